The third-order valence-corrected chi connectivity index (χ3v) is 4.00. The number of hydrogen-bond donors (Lipinski definition) is 2. The van der Waals surface area contributed by atoms with E-state index in [2.05, 4.69) is 9.97 Å². The van der Waals surface area contributed by atoms with Crippen molar-refractivity contribution in [2.75, 3.05) is 18.6 Å². The summed E-state index contributed by atoms with van der Waals surface area (Å²) in [6.45, 7) is 1.91. The number of aromatic nitrogens is 2. The second-order valence-corrected chi connectivity index (χ2v) is 5.60. The van der Waals surface area contributed by atoms with E-state index in [1.54, 1.807) is 7.11 Å². The molecule has 0 aliphatic heterocycles. The molecule has 0 fully saturated rings. The minimum absolute atomic E-state index is 0.226. The Morgan fingerprint density at radius 1 is 1.14 bits per heavy atom. The molecule has 1 aromatic carbocycles. The molecule has 1 heterocycles. The van der Waals surface area contributed by atoms with Crippen LogP contribution in [0.15, 0.2) is 18.2 Å². The van der Waals surface area contributed by atoms with Crippen molar-refractivity contribution in [3.05, 3.63) is 40.0 Å². The Bertz CT molecular complexity index is 638. The number of benzene rings is 1. The monoisotopic (exact) mass is 320 g/mol. The molecule has 4 N–H and O–H groups in total. The van der Waals surface area contributed by atoms with E-state index in [0.29, 0.717) is 5.82 Å². The summed E-state index contributed by atoms with van der Waals surface area (Å²) < 4.78 is 5.15. The van der Waals surface area contributed by atoms with E-state index in [9.17, 15) is 0 Å². The van der Waals surface area contributed by atoms with E-state index in [-0.39, 0.29) is 5.95 Å². The van der Waals surface area contributed by atoms with Gasteiger partial charge in [0.05, 0.1) is 7.11 Å². The highest BCUT2D eigenvalue weighted by Crippen LogP contribution is 2.24. The Morgan fingerprint density at radius 3 is 2.50 bits per heavy atom. The molecule has 0 aliphatic rings. The standard InChI is InChI=1S/C16H21ClN4O/c1-10-13(15(18)21-16(19)20-10)6-4-3-5-11-7-8-12(22-2)9-14(11)17/h7-9H,3-6H2,1-2H3,(H4,18,19,20,21). The molecule has 1 aromatic heterocycles. The van der Waals surface area contributed by atoms with Gasteiger partial charge in [-0.2, -0.15) is 4.98 Å². The second-order valence-electron chi connectivity index (χ2n) is 5.20. The predicted octanol–water partition coefficient (Wildman–Crippen LogP) is 3.18. The molecule has 118 valence electrons. The fraction of sp³-hybridized carbons (Fsp3) is 0.375. The second kappa shape index (κ2) is 7.31. The highest BCUT2D eigenvalue weighted by atomic mass is 35.5. The van der Waals surface area contributed by atoms with Gasteiger partial charge in [-0.3, -0.25) is 0 Å². The SMILES string of the molecule is COc1ccc(CCCCc2c(C)nc(N)nc2N)c(Cl)c1. The number of nitrogens with zero attached hydrogens (tertiary/aromatic N) is 2. The molecule has 6 heteroatoms. The summed E-state index contributed by atoms with van der Waals surface area (Å²) in [6, 6.07) is 5.77. The maximum atomic E-state index is 6.24. The normalized spacial score (nSPS) is 10.7. The Hall–Kier alpha value is -2.01. The summed E-state index contributed by atoms with van der Waals surface area (Å²) in [5, 5.41) is 0.742. The lowest BCUT2D eigenvalue weighted by atomic mass is 10.0. The van der Waals surface area contributed by atoms with E-state index >= 15 is 0 Å². The van der Waals surface area contributed by atoms with Crippen molar-refractivity contribution in [2.45, 2.75) is 32.6 Å². The first-order chi connectivity index (χ1) is 10.5. The van der Waals surface area contributed by atoms with Crippen LogP contribution in [0.25, 0.3) is 0 Å². The van der Waals surface area contributed by atoms with Gasteiger partial charge in [-0.25, -0.2) is 4.98 Å². The van der Waals surface area contributed by atoms with E-state index in [1.165, 1.54) is 0 Å². The van der Waals surface area contributed by atoms with Gasteiger partial charge in [-0.1, -0.05) is 17.7 Å². The summed E-state index contributed by atoms with van der Waals surface area (Å²) in [5.74, 6) is 1.48. The van der Waals surface area contributed by atoms with E-state index < -0.39 is 0 Å². The summed E-state index contributed by atoms with van der Waals surface area (Å²) in [6.07, 6.45) is 3.75. The van der Waals surface area contributed by atoms with Gasteiger partial charge in [0.1, 0.15) is 11.6 Å². The largest absolute Gasteiger partial charge is 0.497 e. The highest BCUT2D eigenvalue weighted by Gasteiger charge is 2.08. The molecule has 22 heavy (non-hydrogen) atoms. The molecule has 5 nitrogen and oxygen atoms in total. The summed E-state index contributed by atoms with van der Waals surface area (Å²) in [5.41, 5.74) is 14.4. The van der Waals surface area contributed by atoms with Crippen molar-refractivity contribution in [3.63, 3.8) is 0 Å². The zero-order chi connectivity index (χ0) is 16.1. The van der Waals surface area contributed by atoms with Crippen LogP contribution in [0.2, 0.25) is 5.02 Å². The smallest absolute Gasteiger partial charge is 0.222 e. The molecular formula is C16H21ClN4O. The lowest BCUT2D eigenvalue weighted by molar-refractivity contribution is 0.414. The first-order valence-corrected chi connectivity index (χ1v) is 7.60. The van der Waals surface area contributed by atoms with Crippen molar-refractivity contribution in [1.29, 1.82) is 0 Å². The van der Waals surface area contributed by atoms with Gasteiger partial charge in [-0.05, 0) is 50.3 Å². The van der Waals surface area contributed by atoms with Crippen LogP contribution < -0.4 is 16.2 Å². The third kappa shape index (κ3) is 4.01. The minimum atomic E-state index is 0.226. The van der Waals surface area contributed by atoms with E-state index in [1.807, 2.05) is 25.1 Å². The number of anilines is 2. The van der Waals surface area contributed by atoms with Gasteiger partial charge in [0.25, 0.3) is 0 Å². The van der Waals surface area contributed by atoms with Crippen LogP contribution in [0, 0.1) is 6.92 Å². The number of hydrogen-bond acceptors (Lipinski definition) is 5. The molecule has 0 saturated carbocycles. The fourth-order valence-corrected chi connectivity index (χ4v) is 2.69. The first kappa shape index (κ1) is 16.4. The molecule has 0 spiro atoms. The molecule has 0 unspecified atom stereocenters. The molecule has 2 aromatic rings. The number of unbranched alkanes of at least 4 members (excludes halogenated alkanes) is 1. The summed E-state index contributed by atoms with van der Waals surface area (Å²) in [4.78, 5) is 8.17. The Kier molecular flexibility index (Phi) is 5.44. The van der Waals surface area contributed by atoms with Crippen LogP contribution in [-0.2, 0) is 12.8 Å². The maximum Gasteiger partial charge on any atom is 0.222 e. The Balaban J connectivity index is 1.90. The Labute approximate surface area is 135 Å². The lowest BCUT2D eigenvalue weighted by Crippen LogP contribution is -2.07. The lowest BCUT2D eigenvalue weighted by Gasteiger charge is -2.09. The average molecular weight is 321 g/mol. The zero-order valence-corrected chi connectivity index (χ0v) is 13.7. The van der Waals surface area contributed by atoms with Gasteiger partial charge >= 0.3 is 0 Å². The van der Waals surface area contributed by atoms with Gasteiger partial charge in [0, 0.05) is 16.3 Å². The predicted molar refractivity (Wildman–Crippen MR) is 90.2 cm³/mol. The molecule has 0 atom stereocenters. The minimum Gasteiger partial charge on any atom is -0.497 e. The number of methoxy groups -OCH3 is 1. The molecular weight excluding hydrogens is 300 g/mol. The highest BCUT2D eigenvalue weighted by molar-refractivity contribution is 6.31. The fourth-order valence-electron chi connectivity index (χ4n) is 2.42. The Morgan fingerprint density at radius 2 is 1.86 bits per heavy atom. The zero-order valence-electron chi connectivity index (χ0n) is 12.9. The number of ether oxygens (including phenoxy) is 1. The number of nitrogen functional groups attached to an aromatic ring is 2. The molecule has 2 rings (SSSR count). The van der Waals surface area contributed by atoms with Crippen molar-refractivity contribution >= 4 is 23.4 Å². The average Bonchev–Trinajstić information content (AvgIpc) is 2.46. The number of halogens is 1. The topological polar surface area (TPSA) is 87.0 Å². The van der Waals surface area contributed by atoms with Crippen LogP contribution >= 0.6 is 11.6 Å². The molecule has 0 amide bonds. The van der Waals surface area contributed by atoms with Crippen molar-refractivity contribution in [2.24, 2.45) is 0 Å². The number of nitrogens with two attached hydrogens (primary N) is 2. The quantitative estimate of drug-likeness (QED) is 0.798. The van der Waals surface area contributed by atoms with Crippen LogP contribution in [0.1, 0.15) is 29.7 Å². The van der Waals surface area contributed by atoms with Gasteiger partial charge in [0.2, 0.25) is 5.95 Å². The van der Waals surface area contributed by atoms with Crippen molar-refractivity contribution in [1.82, 2.24) is 9.97 Å². The van der Waals surface area contributed by atoms with Gasteiger partial charge in [-0.15, -0.1) is 0 Å². The molecule has 0 radical (unpaired) electrons. The van der Waals surface area contributed by atoms with Crippen LogP contribution in [0.5, 0.6) is 5.75 Å². The van der Waals surface area contributed by atoms with Gasteiger partial charge in [0.15, 0.2) is 0 Å². The molecule has 0 saturated heterocycles. The van der Waals surface area contributed by atoms with Gasteiger partial charge < -0.3 is 16.2 Å². The first-order valence-electron chi connectivity index (χ1n) is 7.22. The van der Waals surface area contributed by atoms with Crippen LogP contribution in [0.4, 0.5) is 11.8 Å². The third-order valence-electron chi connectivity index (χ3n) is 3.65. The van der Waals surface area contributed by atoms with Crippen LogP contribution in [-0.4, -0.2) is 17.1 Å². The molecule has 0 bridgehead atoms. The van der Waals surface area contributed by atoms with Crippen molar-refractivity contribution < 1.29 is 4.74 Å². The van der Waals surface area contributed by atoms with E-state index in [4.69, 9.17) is 27.8 Å². The number of aryl methyl sites for hydroxylation is 2. The number of rotatable bonds is 6. The van der Waals surface area contributed by atoms with E-state index in [0.717, 1.165) is 53.3 Å². The summed E-state index contributed by atoms with van der Waals surface area (Å²) in [7, 11) is 1.63. The van der Waals surface area contributed by atoms with Crippen LogP contribution in [0.3, 0.4) is 0 Å². The maximum absolute atomic E-state index is 6.24. The summed E-state index contributed by atoms with van der Waals surface area (Å²) >= 11 is 6.24. The van der Waals surface area contributed by atoms with Crippen molar-refractivity contribution in [3.8, 4) is 5.75 Å². The molecule has 0 aliphatic carbocycles.